The van der Waals surface area contributed by atoms with E-state index in [1.54, 1.807) is 0 Å². The monoisotopic (exact) mass is 202 g/mol. The Morgan fingerprint density at radius 1 is 1.25 bits per heavy atom. The van der Waals surface area contributed by atoms with Crippen LogP contribution < -0.4 is 0 Å². The Balaban J connectivity index is 3.83. The zero-order valence-corrected chi connectivity index (χ0v) is 5.57. The van der Waals surface area contributed by atoms with Crippen molar-refractivity contribution in [3.63, 3.8) is 0 Å². The van der Waals surface area contributed by atoms with Crippen molar-refractivity contribution in [1.82, 2.24) is 3.46 Å². The number of hydrogen-bond acceptors (Lipinski definition) is 2. The van der Waals surface area contributed by atoms with Crippen LogP contribution in [0.3, 0.4) is 0 Å². The van der Waals surface area contributed by atoms with E-state index in [4.69, 9.17) is 10.2 Å². The molecule has 0 spiro atoms. The van der Waals surface area contributed by atoms with E-state index < -0.39 is 12.2 Å². The number of rotatable bonds is 0. The van der Waals surface area contributed by atoms with Crippen LogP contribution in [0.4, 0.5) is 9.59 Å². The van der Waals surface area contributed by atoms with Crippen LogP contribution in [-0.2, 0) is 20.1 Å². The maximum atomic E-state index is 9.69. The minimum absolute atomic E-state index is 0.177. The Morgan fingerprint density at radius 3 is 1.50 bits per heavy atom. The van der Waals surface area contributed by atoms with Crippen LogP contribution in [0.5, 0.6) is 0 Å². The van der Waals surface area contributed by atoms with Crippen molar-refractivity contribution in [2.45, 2.75) is 0 Å². The molecule has 0 aliphatic carbocycles. The second kappa shape index (κ2) is 2.67. The van der Waals surface area contributed by atoms with Gasteiger partial charge in [-0.2, -0.15) is 0 Å². The quantitative estimate of drug-likeness (QED) is 0.543. The van der Waals surface area contributed by atoms with E-state index >= 15 is 0 Å². The van der Waals surface area contributed by atoms with Gasteiger partial charge in [0.05, 0.1) is 0 Å². The van der Waals surface area contributed by atoms with Crippen LogP contribution in [0.2, 0.25) is 0 Å². The molecule has 2 N–H and O–H groups in total. The molecule has 0 aromatic rings. The first-order valence-corrected chi connectivity index (χ1v) is 2.38. The van der Waals surface area contributed by atoms with Crippen molar-refractivity contribution >= 4 is 12.2 Å². The molecule has 0 bridgehead atoms. The van der Waals surface area contributed by atoms with Crippen molar-refractivity contribution in [2.75, 3.05) is 0 Å². The summed E-state index contributed by atoms with van der Waals surface area (Å²) in [4.78, 5) is 19.4. The standard InChI is InChI=1S/C2H2NO4.Mo/c4-1(5)3-2(6)7;/h(H,4,5)(H,6,7);/q-1;+1. The average molecular weight is 200 g/mol. The van der Waals surface area contributed by atoms with Crippen molar-refractivity contribution in [1.29, 1.82) is 0 Å². The fourth-order valence-electron chi connectivity index (χ4n) is 0.0818. The molecular weight excluding hydrogens is 198 g/mol. The molecule has 2 amide bonds. The molecule has 6 heteroatoms. The van der Waals surface area contributed by atoms with Gasteiger partial charge in [-0.3, -0.25) is 0 Å². The first-order chi connectivity index (χ1) is 3.55. The summed E-state index contributed by atoms with van der Waals surface area (Å²) in [5.41, 5.74) is 0. The number of carboxylic acid groups (broad SMARTS) is 2. The van der Waals surface area contributed by atoms with Crippen molar-refractivity contribution in [2.24, 2.45) is 0 Å². The molecule has 0 unspecified atom stereocenters. The van der Waals surface area contributed by atoms with Gasteiger partial charge in [-0.25, -0.2) is 0 Å². The summed E-state index contributed by atoms with van der Waals surface area (Å²) in [6, 6.07) is 0. The molecule has 0 aromatic carbocycles. The van der Waals surface area contributed by atoms with E-state index in [-0.39, 0.29) is 3.46 Å². The topological polar surface area (TPSA) is 77.8 Å². The molecule has 0 aliphatic heterocycles. The third kappa shape index (κ3) is 1.93. The summed E-state index contributed by atoms with van der Waals surface area (Å²) in [7, 11) is 0. The Hall–Kier alpha value is -0.572. The van der Waals surface area contributed by atoms with Crippen molar-refractivity contribution in [3.05, 3.63) is 0 Å². The minimum atomic E-state index is -1.47. The molecule has 0 radical (unpaired) electrons. The van der Waals surface area contributed by atoms with Gasteiger partial charge in [-0.05, 0) is 0 Å². The zero-order valence-electron chi connectivity index (χ0n) is 3.57. The van der Waals surface area contributed by atoms with E-state index in [0.29, 0.717) is 0 Å². The van der Waals surface area contributed by atoms with Crippen molar-refractivity contribution < 1.29 is 39.9 Å². The van der Waals surface area contributed by atoms with Crippen LogP contribution in [0.1, 0.15) is 0 Å². The van der Waals surface area contributed by atoms with Crippen LogP contribution in [0, 0.1) is 0 Å². The molecule has 45 valence electrons. The third-order valence-electron chi connectivity index (χ3n) is 0.347. The zero-order chi connectivity index (χ0) is 6.73. The van der Waals surface area contributed by atoms with Gasteiger partial charge in [0.25, 0.3) is 0 Å². The molecular formula is C2H2MoNO4. The van der Waals surface area contributed by atoms with Crippen LogP contribution in [0.25, 0.3) is 0 Å². The maximum absolute atomic E-state index is 9.69. The number of amides is 2. The fraction of sp³-hybridized carbons (Fsp3) is 0. The molecule has 8 heavy (non-hydrogen) atoms. The molecule has 0 heterocycles. The summed E-state index contributed by atoms with van der Waals surface area (Å²) in [5, 5.41) is 15.8. The molecule has 0 atom stereocenters. The molecule has 0 aromatic heterocycles. The van der Waals surface area contributed by atoms with E-state index in [1.807, 2.05) is 0 Å². The summed E-state index contributed by atoms with van der Waals surface area (Å²) in [6.07, 6.45) is -2.94. The van der Waals surface area contributed by atoms with Gasteiger partial charge in [0.1, 0.15) is 0 Å². The van der Waals surface area contributed by atoms with Crippen LogP contribution >= 0.6 is 0 Å². The van der Waals surface area contributed by atoms with Gasteiger partial charge in [0, 0.05) is 0 Å². The predicted molar refractivity (Wildman–Crippen MR) is 17.9 cm³/mol. The Morgan fingerprint density at radius 2 is 1.50 bits per heavy atom. The number of carbonyl (C=O) groups is 2. The van der Waals surface area contributed by atoms with Gasteiger partial charge < -0.3 is 0 Å². The number of hydrogen-bond donors (Lipinski definition) is 2. The normalized spacial score (nSPS) is 8.00. The van der Waals surface area contributed by atoms with E-state index in [0.717, 1.165) is 20.1 Å². The fourth-order valence-corrected chi connectivity index (χ4v) is 0.0818. The van der Waals surface area contributed by atoms with Crippen molar-refractivity contribution in [3.8, 4) is 0 Å². The number of nitrogens with zero attached hydrogens (tertiary/aromatic N) is 1. The molecule has 0 rings (SSSR count). The summed E-state index contributed by atoms with van der Waals surface area (Å²) in [5.74, 6) is 0. The number of imide groups is 1. The van der Waals surface area contributed by atoms with Gasteiger partial charge in [0.2, 0.25) is 0 Å². The Labute approximate surface area is 56.1 Å². The molecule has 0 saturated carbocycles. The van der Waals surface area contributed by atoms with Crippen LogP contribution in [0.15, 0.2) is 0 Å². The average Bonchev–Trinajstić information content (AvgIpc) is 1.64. The second-order valence-electron chi connectivity index (χ2n) is 0.860. The predicted octanol–water partition coefficient (Wildman–Crippen LogP) is 0.106. The third-order valence-corrected chi connectivity index (χ3v) is 1.12. The van der Waals surface area contributed by atoms with Gasteiger partial charge in [-0.1, -0.05) is 0 Å². The van der Waals surface area contributed by atoms with Gasteiger partial charge in [0.15, 0.2) is 0 Å². The first kappa shape index (κ1) is 7.43. The van der Waals surface area contributed by atoms with E-state index in [9.17, 15) is 9.59 Å². The molecule has 0 aliphatic rings. The van der Waals surface area contributed by atoms with Gasteiger partial charge >= 0.3 is 55.5 Å². The summed E-state index contributed by atoms with van der Waals surface area (Å²) >= 11 is 0.880. The van der Waals surface area contributed by atoms with Crippen LogP contribution in [-0.4, -0.2) is 25.9 Å². The molecule has 0 fully saturated rings. The first-order valence-electron chi connectivity index (χ1n) is 1.49. The van der Waals surface area contributed by atoms with Gasteiger partial charge in [-0.15, -0.1) is 0 Å². The molecule has 5 nitrogen and oxygen atoms in total. The summed E-state index contributed by atoms with van der Waals surface area (Å²) in [6.45, 7) is 0. The summed E-state index contributed by atoms with van der Waals surface area (Å²) < 4.78 is 0.177. The Bertz CT molecular complexity index is 109. The Kier molecular flexibility index (Phi) is 2.48. The second-order valence-corrected chi connectivity index (χ2v) is 1.76. The molecule has 0 saturated heterocycles. The van der Waals surface area contributed by atoms with E-state index in [1.165, 1.54) is 0 Å². The van der Waals surface area contributed by atoms with E-state index in [2.05, 4.69) is 0 Å². The SMILES string of the molecule is O=C(O)[N]([Mo])C(=O)O.